The first-order valence-corrected chi connectivity index (χ1v) is 13.9. The van der Waals surface area contributed by atoms with Crippen LogP contribution in [0.25, 0.3) is 11.1 Å². The lowest BCUT2D eigenvalue weighted by Gasteiger charge is -2.62. The molecule has 40 heavy (non-hydrogen) atoms. The number of carboxylic acid groups (broad SMARTS) is 1. The second kappa shape index (κ2) is 8.96. The molecule has 3 fully saturated rings. The number of alkyl halides is 1. The van der Waals surface area contributed by atoms with Crippen molar-refractivity contribution in [3.63, 3.8) is 0 Å². The number of ether oxygens (including phenoxy) is 1. The molecule has 0 aromatic heterocycles. The van der Waals surface area contributed by atoms with E-state index >= 15 is 4.39 Å². The SMILES string of the molecule is C[C@]12C=CC(=O)C=C1CC[C@H]1[C@@H]3CC[C@](OC(=O)c4ccc(-c5ccccc5)cc4)(C(=O)O)[C@@]3(C)C[C@H](O)[C@@]12F. The van der Waals surface area contributed by atoms with Gasteiger partial charge in [-0.25, -0.2) is 14.0 Å². The van der Waals surface area contributed by atoms with Crippen molar-refractivity contribution >= 4 is 17.7 Å². The zero-order chi connectivity index (χ0) is 28.5. The lowest BCUT2D eigenvalue weighted by Crippen LogP contribution is -2.69. The van der Waals surface area contributed by atoms with Gasteiger partial charge < -0.3 is 14.9 Å². The van der Waals surface area contributed by atoms with Crippen LogP contribution in [-0.2, 0) is 14.3 Å². The van der Waals surface area contributed by atoms with E-state index in [9.17, 15) is 24.6 Å². The molecule has 0 heterocycles. The number of carbonyl (C=O) groups excluding carboxylic acids is 2. The molecule has 0 amide bonds. The van der Waals surface area contributed by atoms with Crippen LogP contribution in [0.15, 0.2) is 78.4 Å². The van der Waals surface area contributed by atoms with Gasteiger partial charge in [-0.2, -0.15) is 0 Å². The number of aliphatic hydroxyl groups is 1. The molecule has 6 nitrogen and oxygen atoms in total. The van der Waals surface area contributed by atoms with Gasteiger partial charge in [0.05, 0.1) is 11.7 Å². The summed E-state index contributed by atoms with van der Waals surface area (Å²) >= 11 is 0. The van der Waals surface area contributed by atoms with Crippen LogP contribution >= 0.6 is 0 Å². The van der Waals surface area contributed by atoms with Gasteiger partial charge in [0.15, 0.2) is 11.5 Å². The molecule has 4 aliphatic carbocycles. The van der Waals surface area contributed by atoms with E-state index in [1.165, 1.54) is 12.2 Å². The quantitative estimate of drug-likeness (QED) is 0.479. The maximum Gasteiger partial charge on any atom is 0.348 e. The highest BCUT2D eigenvalue weighted by Crippen LogP contribution is 2.70. The molecule has 2 aromatic rings. The number of allylic oxidation sites excluding steroid dienone is 4. The zero-order valence-corrected chi connectivity index (χ0v) is 22.6. The fourth-order valence-corrected chi connectivity index (χ4v) is 8.41. The first-order valence-electron chi connectivity index (χ1n) is 13.9. The fraction of sp³-hybridized carbons (Fsp3) is 0.424. The summed E-state index contributed by atoms with van der Waals surface area (Å²) in [6.07, 6.45) is 3.95. The molecule has 0 unspecified atom stereocenters. The Morgan fingerprint density at radius 2 is 1.65 bits per heavy atom. The van der Waals surface area contributed by atoms with E-state index in [1.54, 1.807) is 44.2 Å². The molecule has 7 atom stereocenters. The van der Waals surface area contributed by atoms with Gasteiger partial charge >= 0.3 is 11.9 Å². The summed E-state index contributed by atoms with van der Waals surface area (Å²) in [6.45, 7) is 3.44. The largest absolute Gasteiger partial charge is 0.478 e. The van der Waals surface area contributed by atoms with E-state index in [0.717, 1.165) is 11.1 Å². The average Bonchev–Trinajstić information content (AvgIpc) is 3.23. The third kappa shape index (κ3) is 3.46. The van der Waals surface area contributed by atoms with Crippen LogP contribution in [-0.4, -0.2) is 45.3 Å². The highest BCUT2D eigenvalue weighted by Gasteiger charge is 2.76. The first kappa shape index (κ1) is 26.6. The number of carbonyl (C=O) groups is 3. The minimum absolute atomic E-state index is 0.0321. The minimum atomic E-state index is -2.08. The number of fused-ring (bicyclic) bond motifs is 5. The maximum atomic E-state index is 17.3. The molecule has 0 saturated heterocycles. The molecule has 2 N–H and O–H groups in total. The van der Waals surface area contributed by atoms with Gasteiger partial charge in [-0.15, -0.1) is 0 Å². The molecule has 2 aromatic carbocycles. The lowest BCUT2D eigenvalue weighted by molar-refractivity contribution is -0.222. The number of aliphatic hydroxyl groups excluding tert-OH is 1. The number of esters is 1. The molecule has 0 aliphatic heterocycles. The predicted octanol–water partition coefficient (Wildman–Crippen LogP) is 5.70. The molecule has 0 radical (unpaired) electrons. The van der Waals surface area contributed by atoms with Crippen LogP contribution in [0.2, 0.25) is 0 Å². The van der Waals surface area contributed by atoms with Crippen molar-refractivity contribution in [1.29, 1.82) is 0 Å². The van der Waals surface area contributed by atoms with Gasteiger partial charge in [0.2, 0.25) is 5.60 Å². The molecule has 7 heteroatoms. The third-order valence-electron chi connectivity index (χ3n) is 10.6. The van der Waals surface area contributed by atoms with E-state index in [-0.39, 0.29) is 24.2 Å². The Balaban J connectivity index is 1.32. The Bertz CT molecular complexity index is 1450. The second-order valence-electron chi connectivity index (χ2n) is 12.3. The Morgan fingerprint density at radius 1 is 0.975 bits per heavy atom. The standard InChI is InChI=1S/C33H33FO6/c1-30-16-14-24(35)18-23(30)12-13-26-25-15-17-32(29(38)39,31(25,2)19-27(36)33(26,30)34)40-28(37)22-10-8-21(9-11-22)20-6-4-3-5-7-20/h3-11,14,16,18,25-27,36H,12-13,15,17,19H2,1-2H3,(H,38,39)/t25-,26-,27-,30-,31-,32-,33-/m0/s1. The lowest BCUT2D eigenvalue weighted by atomic mass is 9.45. The molecule has 0 spiro atoms. The van der Waals surface area contributed by atoms with Crippen molar-refractivity contribution in [2.75, 3.05) is 0 Å². The molecular weight excluding hydrogens is 511 g/mol. The third-order valence-corrected chi connectivity index (χ3v) is 10.6. The van der Waals surface area contributed by atoms with Crippen LogP contribution in [0, 0.1) is 22.7 Å². The van der Waals surface area contributed by atoms with Gasteiger partial charge in [0.25, 0.3) is 0 Å². The number of hydrogen-bond donors (Lipinski definition) is 2. The molecule has 6 rings (SSSR count). The number of aliphatic carboxylic acids is 1. The zero-order valence-electron chi connectivity index (χ0n) is 22.6. The van der Waals surface area contributed by atoms with Gasteiger partial charge in [-0.05, 0) is 80.4 Å². The Hall–Kier alpha value is -3.58. The number of benzene rings is 2. The van der Waals surface area contributed by atoms with Crippen LogP contribution in [0.4, 0.5) is 4.39 Å². The summed E-state index contributed by atoms with van der Waals surface area (Å²) < 4.78 is 23.2. The summed E-state index contributed by atoms with van der Waals surface area (Å²) in [4.78, 5) is 38.4. The molecule has 3 saturated carbocycles. The van der Waals surface area contributed by atoms with E-state index in [4.69, 9.17) is 4.74 Å². The van der Waals surface area contributed by atoms with Gasteiger partial charge in [0, 0.05) is 16.7 Å². The second-order valence-corrected chi connectivity index (χ2v) is 12.3. The monoisotopic (exact) mass is 544 g/mol. The Labute approximate surface area is 232 Å². The number of halogens is 1. The van der Waals surface area contributed by atoms with E-state index < -0.39 is 52.0 Å². The number of rotatable bonds is 4. The van der Waals surface area contributed by atoms with Crippen molar-refractivity contribution in [3.05, 3.63) is 84.0 Å². The van der Waals surface area contributed by atoms with Crippen molar-refractivity contribution in [2.45, 2.75) is 63.3 Å². The van der Waals surface area contributed by atoms with Crippen LogP contribution in [0.3, 0.4) is 0 Å². The average molecular weight is 545 g/mol. The summed E-state index contributed by atoms with van der Waals surface area (Å²) in [7, 11) is 0. The fourth-order valence-electron chi connectivity index (χ4n) is 8.41. The van der Waals surface area contributed by atoms with Crippen LogP contribution in [0.5, 0.6) is 0 Å². The van der Waals surface area contributed by atoms with E-state index in [1.807, 2.05) is 30.3 Å². The number of carboxylic acids is 1. The summed E-state index contributed by atoms with van der Waals surface area (Å²) in [5.74, 6) is -3.33. The maximum absolute atomic E-state index is 17.3. The predicted molar refractivity (Wildman–Crippen MR) is 146 cm³/mol. The molecule has 208 valence electrons. The van der Waals surface area contributed by atoms with E-state index in [2.05, 4.69) is 0 Å². The van der Waals surface area contributed by atoms with Crippen molar-refractivity contribution < 1.29 is 33.7 Å². The highest BCUT2D eigenvalue weighted by atomic mass is 19.1. The van der Waals surface area contributed by atoms with Crippen molar-refractivity contribution in [2.24, 2.45) is 22.7 Å². The smallest absolute Gasteiger partial charge is 0.348 e. The van der Waals surface area contributed by atoms with Gasteiger partial charge in [0.1, 0.15) is 0 Å². The van der Waals surface area contributed by atoms with Crippen LogP contribution < -0.4 is 0 Å². The van der Waals surface area contributed by atoms with Crippen molar-refractivity contribution in [1.82, 2.24) is 0 Å². The Morgan fingerprint density at radius 3 is 2.33 bits per heavy atom. The number of ketones is 1. The summed E-state index contributed by atoms with van der Waals surface area (Å²) in [5.41, 5.74) is -3.58. The van der Waals surface area contributed by atoms with Gasteiger partial charge in [-0.3, -0.25) is 4.79 Å². The van der Waals surface area contributed by atoms with Crippen LogP contribution in [0.1, 0.15) is 56.3 Å². The molecule has 4 aliphatic rings. The normalized spacial score (nSPS) is 38.0. The molecule has 0 bridgehead atoms. The number of hydrogen-bond acceptors (Lipinski definition) is 5. The molecular formula is C33H33FO6. The highest BCUT2D eigenvalue weighted by molar-refractivity contribution is 6.01. The first-order chi connectivity index (χ1) is 19.0. The topological polar surface area (TPSA) is 101 Å². The summed E-state index contributed by atoms with van der Waals surface area (Å²) in [5, 5.41) is 22.1. The minimum Gasteiger partial charge on any atom is -0.478 e. The van der Waals surface area contributed by atoms with E-state index in [0.29, 0.717) is 24.8 Å². The van der Waals surface area contributed by atoms with Gasteiger partial charge in [-0.1, -0.05) is 61.0 Å². The van der Waals surface area contributed by atoms with Crippen molar-refractivity contribution in [3.8, 4) is 11.1 Å². The summed E-state index contributed by atoms with van der Waals surface area (Å²) in [6, 6.07) is 16.5. The Kier molecular flexibility index (Phi) is 5.97.